The van der Waals surface area contributed by atoms with Crippen molar-refractivity contribution >= 4 is 0 Å². The molecule has 0 radical (unpaired) electrons. The lowest BCUT2D eigenvalue weighted by Crippen LogP contribution is -1.98. The molecule has 0 aliphatic rings. The maximum Gasteiger partial charge on any atom is 0.115 e. The third-order valence-corrected chi connectivity index (χ3v) is 2.08. The first-order valence-corrected chi connectivity index (χ1v) is 4.36. The molecule has 0 aliphatic carbocycles. The summed E-state index contributed by atoms with van der Waals surface area (Å²) in [7, 11) is 0. The molecule has 1 atom stereocenters. The molecule has 1 unspecified atom stereocenters. The van der Waals surface area contributed by atoms with Gasteiger partial charge in [-0.1, -0.05) is 30.3 Å². The molecular formula is C11H9N3. The number of H-pyrrole nitrogens is 1. The van der Waals surface area contributed by atoms with Gasteiger partial charge in [0.1, 0.15) is 5.92 Å². The molecule has 0 fully saturated rings. The Kier molecular flexibility index (Phi) is 2.28. The lowest BCUT2D eigenvalue weighted by molar-refractivity contribution is 0.930. The van der Waals surface area contributed by atoms with Crippen molar-refractivity contribution in [2.75, 3.05) is 0 Å². The number of aromatic amines is 1. The average molecular weight is 183 g/mol. The molecule has 14 heavy (non-hydrogen) atoms. The molecule has 68 valence electrons. The van der Waals surface area contributed by atoms with Crippen LogP contribution in [0.15, 0.2) is 42.6 Å². The van der Waals surface area contributed by atoms with Gasteiger partial charge in [0.15, 0.2) is 0 Å². The minimum absolute atomic E-state index is 0.276. The van der Waals surface area contributed by atoms with Crippen molar-refractivity contribution in [2.24, 2.45) is 0 Å². The third kappa shape index (κ3) is 1.50. The van der Waals surface area contributed by atoms with E-state index in [-0.39, 0.29) is 5.92 Å². The van der Waals surface area contributed by atoms with Crippen LogP contribution in [0.2, 0.25) is 0 Å². The summed E-state index contributed by atoms with van der Waals surface area (Å²) in [6, 6.07) is 13.7. The Morgan fingerprint density at radius 3 is 2.57 bits per heavy atom. The van der Waals surface area contributed by atoms with Crippen molar-refractivity contribution in [1.82, 2.24) is 10.2 Å². The summed E-state index contributed by atoms with van der Waals surface area (Å²) in [5.74, 6) is -0.276. The molecule has 0 amide bonds. The van der Waals surface area contributed by atoms with Gasteiger partial charge in [-0.05, 0) is 11.6 Å². The van der Waals surface area contributed by atoms with Gasteiger partial charge in [-0.2, -0.15) is 10.4 Å². The first-order valence-electron chi connectivity index (χ1n) is 4.36. The number of nitrogens with zero attached hydrogens (tertiary/aromatic N) is 2. The third-order valence-electron chi connectivity index (χ3n) is 2.08. The molecule has 1 N–H and O–H groups in total. The quantitative estimate of drug-likeness (QED) is 0.774. The lowest BCUT2D eigenvalue weighted by atomic mass is 9.98. The average Bonchev–Trinajstić information content (AvgIpc) is 2.74. The van der Waals surface area contributed by atoms with Gasteiger partial charge < -0.3 is 0 Å². The van der Waals surface area contributed by atoms with Crippen LogP contribution in [0.4, 0.5) is 0 Å². The van der Waals surface area contributed by atoms with Gasteiger partial charge in [-0.15, -0.1) is 0 Å². The van der Waals surface area contributed by atoms with E-state index in [9.17, 15) is 0 Å². The number of hydrogen-bond acceptors (Lipinski definition) is 2. The largest absolute Gasteiger partial charge is 0.285 e. The molecular weight excluding hydrogens is 174 g/mol. The normalized spacial score (nSPS) is 11.9. The summed E-state index contributed by atoms with van der Waals surface area (Å²) < 4.78 is 0. The fourth-order valence-electron chi connectivity index (χ4n) is 1.39. The molecule has 3 heteroatoms. The van der Waals surface area contributed by atoms with Gasteiger partial charge in [-0.3, -0.25) is 5.10 Å². The second kappa shape index (κ2) is 3.75. The zero-order valence-electron chi connectivity index (χ0n) is 7.51. The van der Waals surface area contributed by atoms with E-state index in [0.29, 0.717) is 0 Å². The van der Waals surface area contributed by atoms with Crippen molar-refractivity contribution in [3.05, 3.63) is 53.9 Å². The van der Waals surface area contributed by atoms with Gasteiger partial charge in [0.2, 0.25) is 0 Å². The summed E-state index contributed by atoms with van der Waals surface area (Å²) >= 11 is 0. The van der Waals surface area contributed by atoms with Crippen molar-refractivity contribution in [3.63, 3.8) is 0 Å². The highest BCUT2D eigenvalue weighted by Gasteiger charge is 2.14. The smallest absolute Gasteiger partial charge is 0.115 e. The SMILES string of the molecule is N#CC(c1ccccc1)c1cc[nH]n1. The van der Waals surface area contributed by atoms with Gasteiger partial charge >= 0.3 is 0 Å². The first kappa shape index (κ1) is 8.52. The van der Waals surface area contributed by atoms with Crippen LogP contribution in [0.3, 0.4) is 0 Å². The molecule has 2 rings (SSSR count). The van der Waals surface area contributed by atoms with Crippen molar-refractivity contribution in [3.8, 4) is 6.07 Å². The molecule has 1 aromatic heterocycles. The van der Waals surface area contributed by atoms with E-state index in [1.807, 2.05) is 36.4 Å². The van der Waals surface area contributed by atoms with E-state index in [2.05, 4.69) is 16.3 Å². The zero-order valence-corrected chi connectivity index (χ0v) is 7.51. The monoisotopic (exact) mass is 183 g/mol. The Labute approximate surface area is 82.0 Å². The number of rotatable bonds is 2. The highest BCUT2D eigenvalue weighted by Crippen LogP contribution is 2.21. The van der Waals surface area contributed by atoms with Gasteiger partial charge in [0.05, 0.1) is 11.8 Å². The number of nitriles is 1. The van der Waals surface area contributed by atoms with Crippen molar-refractivity contribution in [2.45, 2.75) is 5.92 Å². The maximum absolute atomic E-state index is 9.05. The molecule has 2 aromatic rings. The van der Waals surface area contributed by atoms with E-state index in [4.69, 9.17) is 5.26 Å². The molecule has 0 spiro atoms. The summed E-state index contributed by atoms with van der Waals surface area (Å²) in [5.41, 5.74) is 1.74. The fourth-order valence-corrected chi connectivity index (χ4v) is 1.39. The first-order chi connectivity index (χ1) is 6.92. The summed E-state index contributed by atoms with van der Waals surface area (Å²) in [5, 5.41) is 15.8. The molecule has 0 bridgehead atoms. The van der Waals surface area contributed by atoms with E-state index in [1.165, 1.54) is 0 Å². The number of hydrogen-bond donors (Lipinski definition) is 1. The number of aromatic nitrogens is 2. The number of nitrogens with one attached hydrogen (secondary N) is 1. The fraction of sp³-hybridized carbons (Fsp3) is 0.0909. The van der Waals surface area contributed by atoms with Crippen LogP contribution in [0.25, 0.3) is 0 Å². The summed E-state index contributed by atoms with van der Waals surface area (Å²) in [6.45, 7) is 0. The van der Waals surface area contributed by atoms with Crippen LogP contribution in [-0.4, -0.2) is 10.2 Å². The molecule has 1 aromatic carbocycles. The van der Waals surface area contributed by atoms with Gasteiger partial charge in [0, 0.05) is 6.20 Å². The van der Waals surface area contributed by atoms with Gasteiger partial charge in [0.25, 0.3) is 0 Å². The second-order valence-corrected chi connectivity index (χ2v) is 2.97. The Hall–Kier alpha value is -2.08. The predicted octanol–water partition coefficient (Wildman–Crippen LogP) is 2.07. The molecule has 0 saturated carbocycles. The Bertz CT molecular complexity index is 425. The van der Waals surface area contributed by atoms with Crippen LogP contribution in [-0.2, 0) is 0 Å². The number of benzene rings is 1. The predicted molar refractivity (Wildman–Crippen MR) is 52.5 cm³/mol. The molecule has 0 aliphatic heterocycles. The Balaban J connectivity index is 2.38. The maximum atomic E-state index is 9.05. The summed E-state index contributed by atoms with van der Waals surface area (Å²) in [4.78, 5) is 0. The minimum Gasteiger partial charge on any atom is -0.285 e. The summed E-state index contributed by atoms with van der Waals surface area (Å²) in [6.07, 6.45) is 1.72. The molecule has 0 saturated heterocycles. The van der Waals surface area contributed by atoms with E-state index in [1.54, 1.807) is 6.20 Å². The standard InChI is InChI=1S/C11H9N3/c12-8-10(11-6-7-13-14-11)9-4-2-1-3-5-9/h1-7,10H,(H,13,14). The lowest BCUT2D eigenvalue weighted by Gasteiger charge is -2.04. The highest BCUT2D eigenvalue weighted by molar-refractivity contribution is 5.33. The minimum atomic E-state index is -0.276. The van der Waals surface area contributed by atoms with E-state index >= 15 is 0 Å². The van der Waals surface area contributed by atoms with Crippen molar-refractivity contribution < 1.29 is 0 Å². The van der Waals surface area contributed by atoms with E-state index in [0.717, 1.165) is 11.3 Å². The van der Waals surface area contributed by atoms with Crippen LogP contribution >= 0.6 is 0 Å². The Morgan fingerprint density at radius 2 is 2.00 bits per heavy atom. The van der Waals surface area contributed by atoms with Gasteiger partial charge in [-0.25, -0.2) is 0 Å². The highest BCUT2D eigenvalue weighted by atomic mass is 15.1. The van der Waals surface area contributed by atoms with Crippen LogP contribution in [0.1, 0.15) is 17.2 Å². The Morgan fingerprint density at radius 1 is 1.21 bits per heavy atom. The topological polar surface area (TPSA) is 52.5 Å². The molecule has 3 nitrogen and oxygen atoms in total. The van der Waals surface area contributed by atoms with Crippen LogP contribution in [0.5, 0.6) is 0 Å². The molecule has 1 heterocycles. The van der Waals surface area contributed by atoms with Crippen LogP contribution < -0.4 is 0 Å². The van der Waals surface area contributed by atoms with E-state index < -0.39 is 0 Å². The van der Waals surface area contributed by atoms with Crippen LogP contribution in [0, 0.1) is 11.3 Å². The zero-order chi connectivity index (χ0) is 9.80. The van der Waals surface area contributed by atoms with Crippen molar-refractivity contribution in [1.29, 1.82) is 5.26 Å². The second-order valence-electron chi connectivity index (χ2n) is 2.97.